The maximum Gasteiger partial charge on any atom is 0.262 e. The zero-order valence-corrected chi connectivity index (χ0v) is 13.6. The van der Waals surface area contributed by atoms with Gasteiger partial charge in [-0.25, -0.2) is 9.97 Å². The van der Waals surface area contributed by atoms with E-state index in [1.54, 1.807) is 18.3 Å². The lowest BCUT2D eigenvalue weighted by atomic mass is 10.1. The third-order valence-electron chi connectivity index (χ3n) is 3.78. The van der Waals surface area contributed by atoms with E-state index in [0.717, 1.165) is 16.9 Å². The third-order valence-corrected chi connectivity index (χ3v) is 3.78. The number of aromatic nitrogens is 3. The number of hydrogen-bond donors (Lipinski definition) is 1. The summed E-state index contributed by atoms with van der Waals surface area (Å²) in [5, 5.41) is 10.6. The molecule has 0 unspecified atom stereocenters. The van der Waals surface area contributed by atoms with Crippen molar-refractivity contribution in [2.24, 2.45) is 0 Å². The Morgan fingerprint density at radius 3 is 2.92 bits per heavy atom. The molecule has 6 nitrogen and oxygen atoms in total. The van der Waals surface area contributed by atoms with E-state index in [0.29, 0.717) is 11.0 Å². The molecule has 0 bridgehead atoms. The van der Waals surface area contributed by atoms with Crippen LogP contribution in [0.2, 0.25) is 0 Å². The Bertz CT molecular complexity index is 921. The van der Waals surface area contributed by atoms with E-state index in [2.05, 4.69) is 9.97 Å². The van der Waals surface area contributed by atoms with E-state index in [9.17, 15) is 9.90 Å². The van der Waals surface area contributed by atoms with Crippen molar-refractivity contribution in [2.75, 3.05) is 6.61 Å². The Morgan fingerprint density at radius 2 is 2.08 bits per heavy atom. The molecule has 124 valence electrons. The number of hydrogen-bond acceptors (Lipinski definition) is 5. The molecule has 2 heterocycles. The molecule has 3 aromatic rings. The molecule has 3 rings (SSSR count). The summed E-state index contributed by atoms with van der Waals surface area (Å²) in [6, 6.07) is 9.27. The van der Waals surface area contributed by atoms with E-state index in [-0.39, 0.29) is 18.7 Å². The van der Waals surface area contributed by atoms with Crippen LogP contribution in [-0.2, 0) is 6.54 Å². The second kappa shape index (κ2) is 6.80. The maximum absolute atomic E-state index is 12.4. The van der Waals surface area contributed by atoms with E-state index in [4.69, 9.17) is 4.74 Å². The molecule has 0 aliphatic heterocycles. The number of aliphatic hydroxyl groups is 1. The van der Waals surface area contributed by atoms with Gasteiger partial charge in [-0.15, -0.1) is 0 Å². The highest BCUT2D eigenvalue weighted by Gasteiger charge is 2.11. The van der Waals surface area contributed by atoms with Gasteiger partial charge in [0.05, 0.1) is 11.9 Å². The van der Waals surface area contributed by atoms with Crippen molar-refractivity contribution in [1.82, 2.24) is 14.5 Å². The Morgan fingerprint density at radius 1 is 1.25 bits per heavy atom. The van der Waals surface area contributed by atoms with Gasteiger partial charge in [0, 0.05) is 6.20 Å². The Labute approximate surface area is 139 Å². The van der Waals surface area contributed by atoms with Gasteiger partial charge in [-0.2, -0.15) is 0 Å². The lowest BCUT2D eigenvalue weighted by Crippen LogP contribution is -2.30. The summed E-state index contributed by atoms with van der Waals surface area (Å²) in [7, 11) is 0. The van der Waals surface area contributed by atoms with E-state index >= 15 is 0 Å². The first-order valence-electron chi connectivity index (χ1n) is 7.73. The van der Waals surface area contributed by atoms with Crippen LogP contribution in [0.25, 0.3) is 11.0 Å². The molecule has 0 saturated heterocycles. The van der Waals surface area contributed by atoms with Crippen LogP contribution in [0.5, 0.6) is 5.75 Å². The molecule has 0 amide bonds. The summed E-state index contributed by atoms with van der Waals surface area (Å²) in [4.78, 5) is 20.6. The monoisotopic (exact) mass is 325 g/mol. The highest BCUT2D eigenvalue weighted by molar-refractivity contribution is 5.72. The van der Waals surface area contributed by atoms with Gasteiger partial charge in [-0.1, -0.05) is 12.1 Å². The third kappa shape index (κ3) is 3.44. The van der Waals surface area contributed by atoms with Crippen molar-refractivity contribution in [2.45, 2.75) is 26.5 Å². The summed E-state index contributed by atoms with van der Waals surface area (Å²) in [6.07, 6.45) is 2.17. The number of ether oxygens (including phenoxy) is 1. The Balaban J connectivity index is 1.71. The number of aryl methyl sites for hydroxylation is 2. The summed E-state index contributed by atoms with van der Waals surface area (Å²) in [6.45, 7) is 4.15. The van der Waals surface area contributed by atoms with Crippen molar-refractivity contribution >= 4 is 11.0 Å². The molecule has 0 radical (unpaired) electrons. The van der Waals surface area contributed by atoms with Crippen LogP contribution in [0.15, 0.2) is 47.7 Å². The zero-order valence-electron chi connectivity index (χ0n) is 13.6. The SMILES string of the molecule is Cc1ccc(C)c(OC[C@@H](O)Cn2cnc3ncccc3c2=O)c1. The van der Waals surface area contributed by atoms with Crippen LogP contribution in [0, 0.1) is 13.8 Å². The van der Waals surface area contributed by atoms with Crippen molar-refractivity contribution < 1.29 is 9.84 Å². The molecule has 0 aliphatic rings. The van der Waals surface area contributed by atoms with Gasteiger partial charge in [0.25, 0.3) is 5.56 Å². The molecular formula is C18H19N3O3. The zero-order chi connectivity index (χ0) is 17.1. The number of aliphatic hydroxyl groups excluding tert-OH is 1. The lowest BCUT2D eigenvalue weighted by Gasteiger charge is -2.15. The predicted molar refractivity (Wildman–Crippen MR) is 91.2 cm³/mol. The molecule has 2 aromatic heterocycles. The fourth-order valence-electron chi connectivity index (χ4n) is 2.46. The average molecular weight is 325 g/mol. The lowest BCUT2D eigenvalue weighted by molar-refractivity contribution is 0.0911. The number of pyridine rings is 1. The first-order chi connectivity index (χ1) is 11.5. The van der Waals surface area contributed by atoms with Crippen molar-refractivity contribution in [3.05, 3.63) is 64.3 Å². The van der Waals surface area contributed by atoms with Crippen LogP contribution in [-0.4, -0.2) is 32.4 Å². The van der Waals surface area contributed by atoms with Crippen LogP contribution in [0.3, 0.4) is 0 Å². The van der Waals surface area contributed by atoms with E-state index in [1.165, 1.54) is 10.9 Å². The molecule has 0 aliphatic carbocycles. The first kappa shape index (κ1) is 16.1. The summed E-state index contributed by atoms with van der Waals surface area (Å²) >= 11 is 0. The Hall–Kier alpha value is -2.73. The van der Waals surface area contributed by atoms with Gasteiger partial charge in [-0.05, 0) is 43.2 Å². The van der Waals surface area contributed by atoms with Gasteiger partial charge in [0.1, 0.15) is 24.8 Å². The second-order valence-electron chi connectivity index (χ2n) is 5.81. The summed E-state index contributed by atoms with van der Waals surface area (Å²) in [5.41, 5.74) is 2.27. The van der Waals surface area contributed by atoms with Gasteiger partial charge in [0.15, 0.2) is 5.65 Å². The van der Waals surface area contributed by atoms with Crippen LogP contribution in [0.1, 0.15) is 11.1 Å². The van der Waals surface area contributed by atoms with Crippen molar-refractivity contribution in [1.29, 1.82) is 0 Å². The molecule has 0 saturated carbocycles. The van der Waals surface area contributed by atoms with Crippen molar-refractivity contribution in [3.8, 4) is 5.75 Å². The smallest absolute Gasteiger partial charge is 0.262 e. The number of fused-ring (bicyclic) bond motifs is 1. The molecule has 6 heteroatoms. The molecule has 1 N–H and O–H groups in total. The maximum atomic E-state index is 12.4. The van der Waals surface area contributed by atoms with Gasteiger partial charge in [0.2, 0.25) is 0 Å². The molecule has 1 atom stereocenters. The normalized spacial score (nSPS) is 12.3. The minimum absolute atomic E-state index is 0.0990. The predicted octanol–water partition coefficient (Wildman–Crippen LogP) is 1.85. The van der Waals surface area contributed by atoms with E-state index in [1.807, 2.05) is 32.0 Å². The number of benzene rings is 1. The minimum Gasteiger partial charge on any atom is -0.491 e. The molecule has 0 spiro atoms. The number of rotatable bonds is 5. The van der Waals surface area contributed by atoms with Crippen molar-refractivity contribution in [3.63, 3.8) is 0 Å². The van der Waals surface area contributed by atoms with Crippen LogP contribution in [0.4, 0.5) is 0 Å². The fourth-order valence-corrected chi connectivity index (χ4v) is 2.46. The highest BCUT2D eigenvalue weighted by atomic mass is 16.5. The summed E-state index contributed by atoms with van der Waals surface area (Å²) in [5.74, 6) is 0.738. The van der Waals surface area contributed by atoms with Crippen LogP contribution >= 0.6 is 0 Å². The van der Waals surface area contributed by atoms with E-state index < -0.39 is 6.10 Å². The Kier molecular flexibility index (Phi) is 4.57. The highest BCUT2D eigenvalue weighted by Crippen LogP contribution is 2.19. The quantitative estimate of drug-likeness (QED) is 0.774. The van der Waals surface area contributed by atoms with Gasteiger partial charge >= 0.3 is 0 Å². The molecule has 0 fully saturated rings. The largest absolute Gasteiger partial charge is 0.491 e. The minimum atomic E-state index is -0.821. The average Bonchev–Trinajstić information content (AvgIpc) is 2.58. The topological polar surface area (TPSA) is 77.2 Å². The van der Waals surface area contributed by atoms with Crippen LogP contribution < -0.4 is 10.3 Å². The number of nitrogens with zero attached hydrogens (tertiary/aromatic N) is 3. The molecule has 1 aromatic carbocycles. The molecule has 24 heavy (non-hydrogen) atoms. The van der Waals surface area contributed by atoms with Gasteiger partial charge in [-0.3, -0.25) is 9.36 Å². The second-order valence-corrected chi connectivity index (χ2v) is 5.81. The first-order valence-corrected chi connectivity index (χ1v) is 7.73. The summed E-state index contributed by atoms with van der Waals surface area (Å²) < 4.78 is 7.06. The standard InChI is InChI=1S/C18H19N3O3/c1-12-5-6-13(2)16(8-12)24-10-14(22)9-21-11-20-17-15(18(21)23)4-3-7-19-17/h3-8,11,14,22H,9-10H2,1-2H3/t14-/m0/s1. The molecular weight excluding hydrogens is 306 g/mol. The fraction of sp³-hybridized carbons (Fsp3) is 0.278. The van der Waals surface area contributed by atoms with Gasteiger partial charge < -0.3 is 9.84 Å².